The summed E-state index contributed by atoms with van der Waals surface area (Å²) in [5.41, 5.74) is 2.27. The van der Waals surface area contributed by atoms with Crippen LogP contribution in [0.2, 0.25) is 0 Å². The molecule has 1 unspecified atom stereocenters. The summed E-state index contributed by atoms with van der Waals surface area (Å²) in [5.74, 6) is 0.102. The maximum absolute atomic E-state index is 12.5. The zero-order valence-electron chi connectivity index (χ0n) is 15.1. The number of carboxylic acids is 1. The second kappa shape index (κ2) is 8.12. The number of benzene rings is 2. The molecule has 0 bridgehead atoms. The Labute approximate surface area is 157 Å². The van der Waals surface area contributed by atoms with Crippen LogP contribution in [0.15, 0.2) is 36.4 Å². The number of carbonyl (C=O) groups is 2. The first-order valence-corrected chi connectivity index (χ1v) is 8.89. The smallest absolute Gasteiger partial charge is 0.303 e. The zero-order chi connectivity index (χ0) is 19.4. The summed E-state index contributed by atoms with van der Waals surface area (Å²) in [4.78, 5) is 23.1. The molecule has 27 heavy (non-hydrogen) atoms. The predicted molar refractivity (Wildman–Crippen MR) is 98.6 cm³/mol. The van der Waals surface area contributed by atoms with Crippen molar-refractivity contribution in [2.24, 2.45) is 0 Å². The molecule has 0 aromatic heterocycles. The molecule has 6 nitrogen and oxygen atoms in total. The molecule has 2 aromatic rings. The second-order valence-corrected chi connectivity index (χ2v) is 6.60. The number of aryl methyl sites for hydroxylation is 1. The third-order valence-electron chi connectivity index (χ3n) is 4.67. The molecule has 142 valence electrons. The van der Waals surface area contributed by atoms with E-state index in [2.05, 4.69) is 0 Å². The van der Waals surface area contributed by atoms with Crippen LogP contribution in [-0.2, 0) is 11.2 Å². The Kier molecular flexibility index (Phi) is 5.64. The lowest BCUT2D eigenvalue weighted by atomic mass is 9.94. The fourth-order valence-corrected chi connectivity index (χ4v) is 3.22. The number of phenolic OH excluding ortho intramolecular Hbond substituents is 1. The number of Topliss-reactive ketones (excluding diaryl/α,β-unsaturated/α-hetero) is 1. The molecular formula is C21H22O6. The van der Waals surface area contributed by atoms with Crippen LogP contribution in [0.3, 0.4) is 0 Å². The van der Waals surface area contributed by atoms with Gasteiger partial charge in [-0.1, -0.05) is 12.1 Å². The van der Waals surface area contributed by atoms with Gasteiger partial charge in [0.25, 0.3) is 0 Å². The highest BCUT2D eigenvalue weighted by Gasteiger charge is 2.28. The summed E-state index contributed by atoms with van der Waals surface area (Å²) in [6.45, 7) is 0. The summed E-state index contributed by atoms with van der Waals surface area (Å²) >= 11 is 0. The Morgan fingerprint density at radius 2 is 2.04 bits per heavy atom. The monoisotopic (exact) mass is 370 g/mol. The van der Waals surface area contributed by atoms with E-state index in [0.29, 0.717) is 29.0 Å². The van der Waals surface area contributed by atoms with E-state index in [1.165, 1.54) is 7.11 Å². The first-order chi connectivity index (χ1) is 13.0. The van der Waals surface area contributed by atoms with Crippen molar-refractivity contribution < 1.29 is 29.3 Å². The average molecular weight is 370 g/mol. The molecule has 0 saturated heterocycles. The number of aliphatic carboxylic acids is 1. The van der Waals surface area contributed by atoms with Crippen molar-refractivity contribution in [3.8, 4) is 17.2 Å². The van der Waals surface area contributed by atoms with Gasteiger partial charge in [0, 0.05) is 6.42 Å². The van der Waals surface area contributed by atoms with Crippen molar-refractivity contribution in [3.63, 3.8) is 0 Å². The molecule has 1 aliphatic heterocycles. The highest BCUT2D eigenvalue weighted by atomic mass is 16.5. The van der Waals surface area contributed by atoms with Crippen molar-refractivity contribution >= 4 is 11.8 Å². The Morgan fingerprint density at radius 3 is 2.74 bits per heavy atom. The molecule has 0 aliphatic carbocycles. The van der Waals surface area contributed by atoms with Gasteiger partial charge in [-0.15, -0.1) is 0 Å². The van der Waals surface area contributed by atoms with E-state index in [1.54, 1.807) is 24.3 Å². The second-order valence-electron chi connectivity index (χ2n) is 6.60. The van der Waals surface area contributed by atoms with Gasteiger partial charge < -0.3 is 19.7 Å². The van der Waals surface area contributed by atoms with Gasteiger partial charge in [-0.25, -0.2) is 0 Å². The maximum atomic E-state index is 12.5. The van der Waals surface area contributed by atoms with Gasteiger partial charge in [0.1, 0.15) is 11.9 Å². The fraction of sp³-hybridized carbons (Fsp3) is 0.333. The Bertz CT molecular complexity index is 858. The predicted octanol–water partition coefficient (Wildman–Crippen LogP) is 3.90. The van der Waals surface area contributed by atoms with Crippen molar-refractivity contribution in [2.45, 2.75) is 38.2 Å². The highest BCUT2D eigenvalue weighted by molar-refractivity contribution is 6.00. The van der Waals surface area contributed by atoms with Gasteiger partial charge >= 0.3 is 5.97 Å². The molecule has 2 N–H and O–H groups in total. The molecule has 0 spiro atoms. The molecule has 1 atom stereocenters. The third kappa shape index (κ3) is 4.39. The molecule has 2 aromatic carbocycles. The van der Waals surface area contributed by atoms with Crippen molar-refractivity contribution in [2.75, 3.05) is 7.11 Å². The van der Waals surface area contributed by atoms with E-state index in [0.717, 1.165) is 18.4 Å². The minimum Gasteiger partial charge on any atom is -0.504 e. The zero-order valence-corrected chi connectivity index (χ0v) is 15.1. The molecule has 0 fully saturated rings. The number of carbonyl (C=O) groups excluding carboxylic acids is 1. The van der Waals surface area contributed by atoms with E-state index in [1.807, 2.05) is 12.1 Å². The molecule has 1 aliphatic rings. The van der Waals surface area contributed by atoms with Crippen LogP contribution in [-0.4, -0.2) is 29.1 Å². The van der Waals surface area contributed by atoms with Crippen molar-refractivity contribution in [1.29, 1.82) is 0 Å². The Balaban J connectivity index is 1.74. The van der Waals surface area contributed by atoms with E-state index in [-0.39, 0.29) is 24.4 Å². The molecule has 6 heteroatoms. The Hall–Kier alpha value is -3.02. The van der Waals surface area contributed by atoms with Gasteiger partial charge in [0.15, 0.2) is 17.3 Å². The first kappa shape index (κ1) is 18.8. The van der Waals surface area contributed by atoms with Crippen LogP contribution in [0, 0.1) is 0 Å². The number of ether oxygens (including phenoxy) is 2. The number of aromatic hydroxyl groups is 1. The number of hydrogen-bond donors (Lipinski definition) is 2. The van der Waals surface area contributed by atoms with Crippen LogP contribution in [0.5, 0.6) is 17.2 Å². The standard InChI is InChI=1S/C21H22O6/c1-26-18-9-7-14(11-17(18)23)19-12-16(22)15-8-6-13(10-20(15)27-19)4-2-3-5-21(24)25/h6-11,19,23H,2-5,12H2,1H3,(H,24,25). The SMILES string of the molecule is COc1ccc(C2CC(=O)c3ccc(CCCCC(=O)O)cc3O2)cc1O. The van der Waals surface area contributed by atoms with Crippen LogP contribution in [0.4, 0.5) is 0 Å². The average Bonchev–Trinajstić information content (AvgIpc) is 2.64. The van der Waals surface area contributed by atoms with Crippen LogP contribution in [0.25, 0.3) is 0 Å². The minimum atomic E-state index is -0.792. The van der Waals surface area contributed by atoms with E-state index in [9.17, 15) is 14.7 Å². The lowest BCUT2D eigenvalue weighted by Gasteiger charge is -2.26. The van der Waals surface area contributed by atoms with Crippen molar-refractivity contribution in [3.05, 3.63) is 53.1 Å². The topological polar surface area (TPSA) is 93.1 Å². The van der Waals surface area contributed by atoms with Crippen LogP contribution >= 0.6 is 0 Å². The number of hydrogen-bond acceptors (Lipinski definition) is 5. The molecular weight excluding hydrogens is 348 g/mol. The lowest BCUT2D eigenvalue weighted by molar-refractivity contribution is -0.137. The largest absolute Gasteiger partial charge is 0.504 e. The quantitative estimate of drug-likeness (QED) is 0.718. The summed E-state index contributed by atoms with van der Waals surface area (Å²) in [5, 5.41) is 18.7. The van der Waals surface area contributed by atoms with E-state index < -0.39 is 12.1 Å². The van der Waals surface area contributed by atoms with E-state index >= 15 is 0 Å². The first-order valence-electron chi connectivity index (χ1n) is 8.89. The molecule has 3 rings (SSSR count). The summed E-state index contributed by atoms with van der Waals surface area (Å²) in [6.07, 6.45) is 1.99. The minimum absolute atomic E-state index is 0.00373. The number of fused-ring (bicyclic) bond motifs is 1. The summed E-state index contributed by atoms with van der Waals surface area (Å²) in [7, 11) is 1.48. The summed E-state index contributed by atoms with van der Waals surface area (Å²) in [6, 6.07) is 10.5. The number of unbranched alkanes of at least 4 members (excludes halogenated alkanes) is 1. The van der Waals surface area contributed by atoms with Gasteiger partial charge in [-0.05, 0) is 54.7 Å². The summed E-state index contributed by atoms with van der Waals surface area (Å²) < 4.78 is 11.1. The number of phenols is 1. The van der Waals surface area contributed by atoms with Crippen LogP contribution < -0.4 is 9.47 Å². The number of rotatable bonds is 7. The maximum Gasteiger partial charge on any atom is 0.303 e. The third-order valence-corrected chi connectivity index (χ3v) is 4.67. The van der Waals surface area contributed by atoms with Crippen molar-refractivity contribution in [1.82, 2.24) is 0 Å². The number of methoxy groups -OCH3 is 1. The molecule has 0 saturated carbocycles. The lowest BCUT2D eigenvalue weighted by Crippen LogP contribution is -2.20. The van der Waals surface area contributed by atoms with Gasteiger partial charge in [-0.3, -0.25) is 9.59 Å². The van der Waals surface area contributed by atoms with Gasteiger partial charge in [0.2, 0.25) is 0 Å². The molecule has 0 radical (unpaired) electrons. The van der Waals surface area contributed by atoms with Gasteiger partial charge in [0.05, 0.1) is 19.1 Å². The van der Waals surface area contributed by atoms with E-state index in [4.69, 9.17) is 14.6 Å². The Morgan fingerprint density at radius 1 is 1.22 bits per heavy atom. The number of ketones is 1. The molecule has 0 amide bonds. The highest BCUT2D eigenvalue weighted by Crippen LogP contribution is 2.38. The fourth-order valence-electron chi connectivity index (χ4n) is 3.22. The van der Waals surface area contributed by atoms with Crippen LogP contribution in [0.1, 0.15) is 53.3 Å². The van der Waals surface area contributed by atoms with Gasteiger partial charge in [-0.2, -0.15) is 0 Å². The normalized spacial score (nSPS) is 15.7. The molecule has 1 heterocycles. The number of carboxylic acid groups (broad SMARTS) is 1.